The quantitative estimate of drug-likeness (QED) is 0.437. The Bertz CT molecular complexity index is 1100. The molecule has 0 saturated heterocycles. The number of aromatic nitrogens is 1. The Morgan fingerprint density at radius 1 is 0.967 bits per heavy atom. The third kappa shape index (κ3) is 5.03. The first-order chi connectivity index (χ1) is 14.4. The van der Waals surface area contributed by atoms with Gasteiger partial charge in [0.2, 0.25) is 0 Å². The molecule has 0 aliphatic carbocycles. The number of hydrogen-bond acceptors (Lipinski definition) is 5. The van der Waals surface area contributed by atoms with Crippen LogP contribution in [0.25, 0.3) is 0 Å². The van der Waals surface area contributed by atoms with Gasteiger partial charge in [-0.2, -0.15) is 0 Å². The van der Waals surface area contributed by atoms with Crippen molar-refractivity contribution in [2.24, 2.45) is 0 Å². The van der Waals surface area contributed by atoms with E-state index in [2.05, 4.69) is 10.3 Å². The number of halogens is 2. The second kappa shape index (κ2) is 9.52. The van der Waals surface area contributed by atoms with Crippen molar-refractivity contribution in [1.82, 2.24) is 4.98 Å². The number of carbonyl (C=O) groups is 3. The molecule has 0 saturated carbocycles. The molecule has 0 fully saturated rings. The summed E-state index contributed by atoms with van der Waals surface area (Å²) < 4.78 is 5.26. The van der Waals surface area contributed by atoms with Crippen LogP contribution in [0.1, 0.15) is 33.2 Å². The number of carbonyl (C=O) groups excluding carboxylic acids is 3. The molecule has 0 aliphatic heterocycles. The lowest BCUT2D eigenvalue weighted by Crippen LogP contribution is -2.30. The number of anilines is 1. The van der Waals surface area contributed by atoms with Gasteiger partial charge in [0.15, 0.2) is 17.7 Å². The number of nitrogens with one attached hydrogen (secondary N) is 1. The van der Waals surface area contributed by atoms with Gasteiger partial charge in [0.05, 0.1) is 15.6 Å². The summed E-state index contributed by atoms with van der Waals surface area (Å²) in [5.74, 6) is -1.66. The highest BCUT2D eigenvalue weighted by atomic mass is 35.5. The maximum Gasteiger partial charge on any atom is 0.339 e. The zero-order valence-electron chi connectivity index (χ0n) is 15.8. The lowest BCUT2D eigenvalue weighted by molar-refractivity contribution is -0.123. The number of ketones is 1. The van der Waals surface area contributed by atoms with Gasteiger partial charge in [0.25, 0.3) is 5.91 Å². The van der Waals surface area contributed by atoms with Crippen molar-refractivity contribution in [3.8, 4) is 0 Å². The van der Waals surface area contributed by atoms with E-state index in [-0.39, 0.29) is 27.8 Å². The molecular weight excluding hydrogens is 427 g/mol. The Labute approximate surface area is 182 Å². The van der Waals surface area contributed by atoms with E-state index in [9.17, 15) is 14.4 Å². The number of amides is 1. The van der Waals surface area contributed by atoms with Crippen molar-refractivity contribution in [1.29, 1.82) is 0 Å². The van der Waals surface area contributed by atoms with E-state index in [4.69, 9.17) is 27.9 Å². The topological polar surface area (TPSA) is 85.4 Å². The van der Waals surface area contributed by atoms with Crippen LogP contribution in [0.3, 0.4) is 0 Å². The summed E-state index contributed by atoms with van der Waals surface area (Å²) >= 11 is 11.8. The molecule has 0 bridgehead atoms. The molecule has 30 heavy (non-hydrogen) atoms. The van der Waals surface area contributed by atoms with Crippen LogP contribution in [0.5, 0.6) is 0 Å². The molecule has 3 aromatic rings. The van der Waals surface area contributed by atoms with Crippen LogP contribution in [0, 0.1) is 0 Å². The SMILES string of the molecule is C[C@@H](OC(=O)c1ccccc1C(=O)c1ccccc1)C(=O)Nc1ncc(Cl)cc1Cl. The molecular formula is C22H16Cl2N2O4. The van der Waals surface area contributed by atoms with Gasteiger partial charge in [-0.3, -0.25) is 9.59 Å². The maximum absolute atomic E-state index is 12.8. The van der Waals surface area contributed by atoms with Crippen LogP contribution in [0.4, 0.5) is 5.82 Å². The van der Waals surface area contributed by atoms with E-state index >= 15 is 0 Å². The van der Waals surface area contributed by atoms with E-state index in [1.54, 1.807) is 42.5 Å². The summed E-state index contributed by atoms with van der Waals surface area (Å²) in [6.45, 7) is 1.40. The van der Waals surface area contributed by atoms with Crippen LogP contribution >= 0.6 is 23.2 Å². The first-order valence-corrected chi connectivity index (χ1v) is 9.64. The molecule has 1 heterocycles. The monoisotopic (exact) mass is 442 g/mol. The summed E-state index contributed by atoms with van der Waals surface area (Å²) in [4.78, 5) is 41.7. The summed E-state index contributed by atoms with van der Waals surface area (Å²) in [6.07, 6.45) is 0.163. The highest BCUT2D eigenvalue weighted by Crippen LogP contribution is 2.23. The fourth-order valence-corrected chi connectivity index (χ4v) is 3.03. The Hall–Kier alpha value is -3.22. The lowest BCUT2D eigenvalue weighted by atomic mass is 9.98. The number of nitrogens with zero attached hydrogens (tertiary/aromatic N) is 1. The summed E-state index contributed by atoms with van der Waals surface area (Å²) in [7, 11) is 0. The van der Waals surface area contributed by atoms with E-state index in [0.717, 1.165) is 0 Å². The molecule has 0 unspecified atom stereocenters. The van der Waals surface area contributed by atoms with Crippen molar-refractivity contribution in [3.63, 3.8) is 0 Å². The zero-order chi connectivity index (χ0) is 21.7. The van der Waals surface area contributed by atoms with Gasteiger partial charge in [0.1, 0.15) is 0 Å². The third-order valence-corrected chi connectivity index (χ3v) is 4.62. The Kier molecular flexibility index (Phi) is 6.82. The zero-order valence-corrected chi connectivity index (χ0v) is 17.3. The van der Waals surface area contributed by atoms with Gasteiger partial charge in [-0.1, -0.05) is 71.7 Å². The van der Waals surface area contributed by atoms with Gasteiger partial charge in [0, 0.05) is 17.3 Å². The third-order valence-electron chi connectivity index (χ3n) is 4.13. The minimum Gasteiger partial charge on any atom is -0.449 e. The second-order valence-electron chi connectivity index (χ2n) is 6.26. The predicted octanol–water partition coefficient (Wildman–Crippen LogP) is 4.80. The van der Waals surface area contributed by atoms with Crippen molar-refractivity contribution >= 4 is 46.7 Å². The first-order valence-electron chi connectivity index (χ1n) is 8.88. The fraction of sp³-hybridized carbons (Fsp3) is 0.0909. The average Bonchev–Trinajstić information content (AvgIpc) is 2.75. The molecule has 1 aromatic heterocycles. The molecule has 1 amide bonds. The standard InChI is InChI=1S/C22H16Cl2N2O4/c1-13(21(28)26-20-18(24)11-15(23)12-25-20)30-22(29)17-10-6-5-9-16(17)19(27)14-7-3-2-4-8-14/h2-13H,1H3,(H,25,26,28)/t13-/m1/s1. The Balaban J connectivity index is 1.74. The number of esters is 1. The van der Waals surface area contributed by atoms with Gasteiger partial charge in [-0.25, -0.2) is 9.78 Å². The van der Waals surface area contributed by atoms with Crippen molar-refractivity contribution < 1.29 is 19.1 Å². The van der Waals surface area contributed by atoms with Crippen molar-refractivity contribution in [2.45, 2.75) is 13.0 Å². The molecule has 8 heteroatoms. The molecule has 2 aromatic carbocycles. The van der Waals surface area contributed by atoms with Gasteiger partial charge < -0.3 is 10.1 Å². The van der Waals surface area contributed by atoms with Crippen LogP contribution in [-0.4, -0.2) is 28.7 Å². The summed E-state index contributed by atoms with van der Waals surface area (Å²) in [5, 5.41) is 2.94. The molecule has 0 aliphatic rings. The number of ether oxygens (including phenoxy) is 1. The summed E-state index contributed by atoms with van der Waals surface area (Å²) in [6, 6.07) is 16.3. The van der Waals surface area contributed by atoms with E-state index < -0.39 is 18.0 Å². The van der Waals surface area contributed by atoms with E-state index in [1.807, 2.05) is 0 Å². The van der Waals surface area contributed by atoms with Crippen molar-refractivity contribution in [3.05, 3.63) is 93.6 Å². The van der Waals surface area contributed by atoms with Gasteiger partial charge in [-0.05, 0) is 19.1 Å². The molecule has 1 N–H and O–H groups in total. The van der Waals surface area contributed by atoms with Gasteiger partial charge in [-0.15, -0.1) is 0 Å². The molecule has 0 radical (unpaired) electrons. The minimum absolute atomic E-state index is 0.0636. The van der Waals surface area contributed by atoms with E-state index in [1.165, 1.54) is 31.3 Å². The number of benzene rings is 2. The fourth-order valence-electron chi connectivity index (χ4n) is 2.61. The summed E-state index contributed by atoms with van der Waals surface area (Å²) in [5.41, 5.74) is 0.685. The van der Waals surface area contributed by atoms with Crippen LogP contribution in [0.15, 0.2) is 66.9 Å². The van der Waals surface area contributed by atoms with Crippen molar-refractivity contribution in [2.75, 3.05) is 5.32 Å². The highest BCUT2D eigenvalue weighted by molar-refractivity contribution is 6.36. The smallest absolute Gasteiger partial charge is 0.339 e. The number of pyridine rings is 1. The first kappa shape index (κ1) is 21.5. The van der Waals surface area contributed by atoms with Crippen LogP contribution < -0.4 is 5.32 Å². The van der Waals surface area contributed by atoms with Crippen LogP contribution in [0.2, 0.25) is 10.0 Å². The highest BCUT2D eigenvalue weighted by Gasteiger charge is 2.24. The largest absolute Gasteiger partial charge is 0.449 e. The minimum atomic E-state index is -1.16. The molecule has 3 rings (SSSR count). The normalized spacial score (nSPS) is 11.4. The molecule has 6 nitrogen and oxygen atoms in total. The predicted molar refractivity (Wildman–Crippen MR) is 114 cm³/mol. The second-order valence-corrected chi connectivity index (χ2v) is 7.11. The maximum atomic E-state index is 12.8. The number of rotatable bonds is 6. The molecule has 152 valence electrons. The number of hydrogen-bond donors (Lipinski definition) is 1. The van der Waals surface area contributed by atoms with Crippen LogP contribution in [-0.2, 0) is 9.53 Å². The Morgan fingerprint density at radius 3 is 2.27 bits per heavy atom. The van der Waals surface area contributed by atoms with E-state index in [0.29, 0.717) is 10.6 Å². The average molecular weight is 443 g/mol. The Morgan fingerprint density at radius 2 is 1.60 bits per heavy atom. The lowest BCUT2D eigenvalue weighted by Gasteiger charge is -2.15. The molecule has 0 spiro atoms. The van der Waals surface area contributed by atoms with Gasteiger partial charge >= 0.3 is 5.97 Å². The molecule has 1 atom stereocenters.